The molecule has 2 aromatic heterocycles. The van der Waals surface area contributed by atoms with E-state index in [0.29, 0.717) is 18.4 Å². The first-order valence-corrected chi connectivity index (χ1v) is 10.2. The summed E-state index contributed by atoms with van der Waals surface area (Å²) in [4.78, 5) is 26.6. The molecule has 1 N–H and O–H groups in total. The molecule has 0 spiro atoms. The van der Waals surface area contributed by atoms with Gasteiger partial charge in [0.2, 0.25) is 5.91 Å². The second-order valence-electron chi connectivity index (χ2n) is 8.30. The lowest BCUT2D eigenvalue weighted by Crippen LogP contribution is -2.51. The Morgan fingerprint density at radius 2 is 2.03 bits per heavy atom. The third kappa shape index (κ3) is 3.38. The number of nitrogens with one attached hydrogen (secondary N) is 1. The number of carbonyl (C=O) groups is 1. The van der Waals surface area contributed by atoms with Gasteiger partial charge in [-0.3, -0.25) is 14.5 Å². The highest BCUT2D eigenvalue weighted by Gasteiger charge is 2.40. The number of amides is 1. The summed E-state index contributed by atoms with van der Waals surface area (Å²) in [6.45, 7) is 4.56. The van der Waals surface area contributed by atoms with Crippen molar-refractivity contribution >= 4 is 16.9 Å². The summed E-state index contributed by atoms with van der Waals surface area (Å²) >= 11 is 0. The van der Waals surface area contributed by atoms with Crippen LogP contribution in [-0.4, -0.2) is 35.0 Å². The molecule has 2 aliphatic heterocycles. The van der Waals surface area contributed by atoms with Crippen LogP contribution in [0.3, 0.4) is 0 Å². The number of piperidine rings is 1. The van der Waals surface area contributed by atoms with Crippen LogP contribution in [0.2, 0.25) is 0 Å². The Bertz CT molecular complexity index is 1080. The highest BCUT2D eigenvalue weighted by Crippen LogP contribution is 2.41. The van der Waals surface area contributed by atoms with Crippen molar-refractivity contribution in [3.8, 4) is 0 Å². The van der Waals surface area contributed by atoms with Gasteiger partial charge in [0.05, 0.1) is 12.6 Å². The molecule has 2 aliphatic rings. The number of para-hydroxylation sites is 1. The molecule has 6 heteroatoms. The number of hydrogen-bond donors (Lipinski definition) is 1. The van der Waals surface area contributed by atoms with E-state index in [1.807, 2.05) is 28.8 Å². The summed E-state index contributed by atoms with van der Waals surface area (Å²) in [5, 5.41) is 4.06. The molecule has 0 unspecified atom stereocenters. The number of aromatic nitrogens is 1. The van der Waals surface area contributed by atoms with E-state index in [4.69, 9.17) is 4.42 Å². The van der Waals surface area contributed by atoms with Gasteiger partial charge in [0.1, 0.15) is 11.3 Å². The summed E-state index contributed by atoms with van der Waals surface area (Å²) in [6, 6.07) is 15.7. The summed E-state index contributed by atoms with van der Waals surface area (Å²) < 4.78 is 7.96. The monoisotopic (exact) mass is 391 g/mol. The van der Waals surface area contributed by atoms with Gasteiger partial charge in [-0.05, 0) is 30.5 Å². The number of carbonyl (C=O) groups excluding carboxylic acids is 1. The highest BCUT2D eigenvalue weighted by molar-refractivity contribution is 5.77. The molecule has 0 saturated carbocycles. The molecule has 6 nitrogen and oxygen atoms in total. The lowest BCUT2D eigenvalue weighted by molar-refractivity contribution is -0.119. The van der Waals surface area contributed by atoms with Crippen LogP contribution in [-0.2, 0) is 11.3 Å². The minimum absolute atomic E-state index is 0.0164. The zero-order chi connectivity index (χ0) is 20.0. The number of pyridine rings is 1. The van der Waals surface area contributed by atoms with Crippen molar-refractivity contribution < 1.29 is 9.21 Å². The van der Waals surface area contributed by atoms with Crippen molar-refractivity contribution in [3.63, 3.8) is 0 Å². The molecule has 1 saturated heterocycles. The quantitative estimate of drug-likeness (QED) is 0.743. The Kier molecular flexibility index (Phi) is 4.51. The van der Waals surface area contributed by atoms with E-state index in [2.05, 4.69) is 28.4 Å². The fraction of sp³-hybridized carbons (Fsp3) is 0.391. The molecule has 2 bridgehead atoms. The molecule has 1 aromatic carbocycles. The average molecular weight is 391 g/mol. The first-order chi connectivity index (χ1) is 14.1. The topological polar surface area (TPSA) is 67.5 Å². The van der Waals surface area contributed by atoms with Gasteiger partial charge < -0.3 is 14.3 Å². The Balaban J connectivity index is 1.43. The maximum absolute atomic E-state index is 12.6. The maximum Gasteiger partial charge on any atom is 0.251 e. The summed E-state index contributed by atoms with van der Waals surface area (Å²) in [6.07, 6.45) is 1.05. The van der Waals surface area contributed by atoms with Crippen LogP contribution in [0.4, 0.5) is 0 Å². The van der Waals surface area contributed by atoms with Gasteiger partial charge in [-0.1, -0.05) is 24.3 Å². The second-order valence-corrected chi connectivity index (χ2v) is 8.30. The van der Waals surface area contributed by atoms with Crippen LogP contribution in [0.25, 0.3) is 11.0 Å². The van der Waals surface area contributed by atoms with Crippen molar-refractivity contribution in [2.75, 3.05) is 19.6 Å². The van der Waals surface area contributed by atoms with Gasteiger partial charge >= 0.3 is 0 Å². The predicted molar refractivity (Wildman–Crippen MR) is 111 cm³/mol. The highest BCUT2D eigenvalue weighted by atomic mass is 16.3. The van der Waals surface area contributed by atoms with E-state index < -0.39 is 0 Å². The molecular formula is C23H25N3O3. The van der Waals surface area contributed by atoms with Gasteiger partial charge in [-0.25, -0.2) is 0 Å². The third-order valence-corrected chi connectivity index (χ3v) is 6.29. The Labute approximate surface area is 169 Å². The van der Waals surface area contributed by atoms with Crippen molar-refractivity contribution in [2.45, 2.75) is 31.8 Å². The van der Waals surface area contributed by atoms with Crippen molar-refractivity contribution in [1.82, 2.24) is 14.8 Å². The average Bonchev–Trinajstić information content (AvgIpc) is 3.10. The molecule has 29 heavy (non-hydrogen) atoms. The summed E-state index contributed by atoms with van der Waals surface area (Å²) in [7, 11) is 0. The van der Waals surface area contributed by atoms with Gasteiger partial charge in [0, 0.05) is 49.6 Å². The first-order valence-electron chi connectivity index (χ1n) is 10.2. The minimum atomic E-state index is -0.0624. The number of hydrogen-bond acceptors (Lipinski definition) is 4. The van der Waals surface area contributed by atoms with Crippen LogP contribution < -0.4 is 10.9 Å². The number of furan rings is 1. The third-order valence-electron chi connectivity index (χ3n) is 6.29. The number of rotatable bonds is 4. The van der Waals surface area contributed by atoms with Crippen LogP contribution in [0, 0.1) is 5.92 Å². The van der Waals surface area contributed by atoms with Crippen LogP contribution in [0.1, 0.15) is 36.8 Å². The Hall–Kier alpha value is -2.86. The molecule has 150 valence electrons. The first kappa shape index (κ1) is 18.2. The smallest absolute Gasteiger partial charge is 0.251 e. The molecule has 0 aliphatic carbocycles. The standard InChI is InChI=1S/C23H25N3O3/c1-15(27)24-11-21-18-9-17(20-6-4-8-23(28)26(20)21)12-25(13-18)14-19-10-16-5-2-3-7-22(16)29-19/h2-8,10,17-18,21H,9,11-14H2,1H3,(H,24,27)/t17-,18+,21+/m1/s1. The van der Waals surface area contributed by atoms with E-state index in [-0.39, 0.29) is 17.5 Å². The molecule has 5 rings (SSSR count). The van der Waals surface area contributed by atoms with Gasteiger partial charge in [0.15, 0.2) is 0 Å². The van der Waals surface area contributed by atoms with Gasteiger partial charge in [-0.2, -0.15) is 0 Å². The minimum Gasteiger partial charge on any atom is -0.460 e. The zero-order valence-electron chi connectivity index (χ0n) is 16.5. The zero-order valence-corrected chi connectivity index (χ0v) is 16.5. The normalized spacial score (nSPS) is 23.7. The van der Waals surface area contributed by atoms with E-state index in [0.717, 1.165) is 48.5 Å². The van der Waals surface area contributed by atoms with Gasteiger partial charge in [0.25, 0.3) is 5.56 Å². The summed E-state index contributed by atoms with van der Waals surface area (Å²) in [5.74, 6) is 1.54. The maximum atomic E-state index is 12.6. The van der Waals surface area contributed by atoms with Crippen LogP contribution in [0.15, 0.2) is 57.7 Å². The van der Waals surface area contributed by atoms with Crippen LogP contribution >= 0.6 is 0 Å². The Morgan fingerprint density at radius 3 is 2.86 bits per heavy atom. The Morgan fingerprint density at radius 1 is 1.17 bits per heavy atom. The lowest BCUT2D eigenvalue weighted by Gasteiger charge is -2.46. The molecule has 1 amide bonds. The van der Waals surface area contributed by atoms with Crippen molar-refractivity contribution in [2.24, 2.45) is 5.92 Å². The molecular weight excluding hydrogens is 366 g/mol. The number of likely N-dealkylation sites (tertiary alicyclic amines) is 1. The van der Waals surface area contributed by atoms with E-state index in [9.17, 15) is 9.59 Å². The molecule has 3 atom stereocenters. The van der Waals surface area contributed by atoms with E-state index in [1.165, 1.54) is 6.92 Å². The van der Waals surface area contributed by atoms with Crippen molar-refractivity contribution in [3.05, 3.63) is 70.3 Å². The van der Waals surface area contributed by atoms with Crippen LogP contribution in [0.5, 0.6) is 0 Å². The SMILES string of the molecule is CC(=O)NC[C@H]1[C@H]2C[C@H](CN(Cc3cc4ccccc4o3)C2)c2cccc(=O)n21. The fourth-order valence-corrected chi connectivity index (χ4v) is 5.11. The van der Waals surface area contributed by atoms with Gasteiger partial charge in [-0.15, -0.1) is 0 Å². The molecule has 4 heterocycles. The second kappa shape index (κ2) is 7.19. The van der Waals surface area contributed by atoms with E-state index in [1.54, 1.807) is 6.07 Å². The largest absolute Gasteiger partial charge is 0.460 e. The number of benzene rings is 1. The lowest BCUT2D eigenvalue weighted by atomic mass is 9.78. The molecule has 1 fully saturated rings. The fourth-order valence-electron chi connectivity index (χ4n) is 5.11. The molecule has 0 radical (unpaired) electrons. The number of fused-ring (bicyclic) bond motifs is 5. The van der Waals surface area contributed by atoms with Crippen molar-refractivity contribution in [1.29, 1.82) is 0 Å². The molecule has 3 aromatic rings. The van der Waals surface area contributed by atoms with E-state index >= 15 is 0 Å². The number of nitrogens with zero attached hydrogens (tertiary/aromatic N) is 2. The summed E-state index contributed by atoms with van der Waals surface area (Å²) in [5.41, 5.74) is 2.02. The predicted octanol–water partition coefficient (Wildman–Crippen LogP) is 2.89.